The largest absolute Gasteiger partial charge is 0.275 e. The SMILES string of the molecule is Cn1cc(Sc2cccc(Cl)n2)cn1. The molecule has 0 bridgehead atoms. The molecule has 5 heteroatoms. The number of halogens is 1. The molecule has 0 radical (unpaired) electrons. The fraction of sp³-hybridized carbons (Fsp3) is 0.111. The summed E-state index contributed by atoms with van der Waals surface area (Å²) in [4.78, 5) is 5.23. The minimum atomic E-state index is 0.513. The summed E-state index contributed by atoms with van der Waals surface area (Å²) in [6, 6.07) is 5.56. The van der Waals surface area contributed by atoms with Crippen LogP contribution in [-0.2, 0) is 7.05 Å². The Morgan fingerprint density at radius 2 is 2.29 bits per heavy atom. The zero-order valence-corrected chi connectivity index (χ0v) is 9.09. The Labute approximate surface area is 91.1 Å². The van der Waals surface area contributed by atoms with E-state index in [2.05, 4.69) is 10.1 Å². The molecule has 72 valence electrons. The second-order valence-electron chi connectivity index (χ2n) is 2.75. The first-order valence-corrected chi connectivity index (χ1v) is 5.22. The van der Waals surface area contributed by atoms with Crippen molar-refractivity contribution in [3.8, 4) is 0 Å². The van der Waals surface area contributed by atoms with E-state index in [4.69, 9.17) is 11.6 Å². The highest BCUT2D eigenvalue weighted by molar-refractivity contribution is 7.99. The Bertz CT molecular complexity index is 441. The van der Waals surface area contributed by atoms with Crippen LogP contribution in [0.2, 0.25) is 5.15 Å². The molecule has 0 atom stereocenters. The Morgan fingerprint density at radius 3 is 2.93 bits per heavy atom. The highest BCUT2D eigenvalue weighted by Gasteiger charge is 2.00. The summed E-state index contributed by atoms with van der Waals surface area (Å²) in [6.45, 7) is 0. The van der Waals surface area contributed by atoms with Crippen LogP contribution in [0.5, 0.6) is 0 Å². The molecule has 14 heavy (non-hydrogen) atoms. The number of hydrogen-bond donors (Lipinski definition) is 0. The molecule has 0 aliphatic rings. The maximum atomic E-state index is 5.77. The van der Waals surface area contributed by atoms with Gasteiger partial charge in [0.1, 0.15) is 10.2 Å². The second kappa shape index (κ2) is 4.02. The number of aromatic nitrogens is 3. The lowest BCUT2D eigenvalue weighted by atomic mass is 10.5. The van der Waals surface area contributed by atoms with Crippen molar-refractivity contribution >= 4 is 23.4 Å². The predicted octanol–water partition coefficient (Wildman–Crippen LogP) is 2.62. The average Bonchev–Trinajstić information content (AvgIpc) is 2.51. The third kappa shape index (κ3) is 2.27. The molecule has 2 heterocycles. The maximum Gasteiger partial charge on any atom is 0.130 e. The molecule has 2 aromatic rings. The van der Waals surface area contributed by atoms with Gasteiger partial charge in [0, 0.05) is 13.2 Å². The van der Waals surface area contributed by atoms with E-state index in [1.165, 1.54) is 0 Å². The van der Waals surface area contributed by atoms with E-state index < -0.39 is 0 Å². The van der Waals surface area contributed by atoms with Gasteiger partial charge >= 0.3 is 0 Å². The van der Waals surface area contributed by atoms with Gasteiger partial charge in [-0.3, -0.25) is 4.68 Å². The number of nitrogens with zero attached hydrogens (tertiary/aromatic N) is 3. The maximum absolute atomic E-state index is 5.77. The first-order chi connectivity index (χ1) is 6.74. The lowest BCUT2D eigenvalue weighted by Crippen LogP contribution is -1.84. The number of pyridine rings is 1. The van der Waals surface area contributed by atoms with Crippen molar-refractivity contribution in [2.24, 2.45) is 7.05 Å². The van der Waals surface area contributed by atoms with Gasteiger partial charge < -0.3 is 0 Å². The van der Waals surface area contributed by atoms with Crippen molar-refractivity contribution in [2.75, 3.05) is 0 Å². The summed E-state index contributed by atoms with van der Waals surface area (Å²) < 4.78 is 1.76. The van der Waals surface area contributed by atoms with Gasteiger partial charge in [-0.2, -0.15) is 5.10 Å². The van der Waals surface area contributed by atoms with Crippen LogP contribution in [0.1, 0.15) is 0 Å². The third-order valence-electron chi connectivity index (χ3n) is 1.59. The van der Waals surface area contributed by atoms with E-state index >= 15 is 0 Å². The Morgan fingerprint density at radius 1 is 1.43 bits per heavy atom. The zero-order chi connectivity index (χ0) is 9.97. The standard InChI is InChI=1S/C9H8ClN3S/c1-13-6-7(5-11-13)14-9-4-2-3-8(10)12-9/h2-6H,1H3. The highest BCUT2D eigenvalue weighted by atomic mass is 35.5. The highest BCUT2D eigenvalue weighted by Crippen LogP contribution is 2.25. The van der Waals surface area contributed by atoms with Crippen molar-refractivity contribution in [3.05, 3.63) is 35.7 Å². The molecule has 0 amide bonds. The lowest BCUT2D eigenvalue weighted by Gasteiger charge is -1.96. The number of aryl methyl sites for hydroxylation is 1. The van der Waals surface area contributed by atoms with Crippen LogP contribution >= 0.6 is 23.4 Å². The van der Waals surface area contributed by atoms with Gasteiger partial charge in [0.25, 0.3) is 0 Å². The first kappa shape index (κ1) is 9.55. The van der Waals surface area contributed by atoms with Gasteiger partial charge in [-0.25, -0.2) is 4.98 Å². The summed E-state index contributed by atoms with van der Waals surface area (Å²) in [5.74, 6) is 0. The monoisotopic (exact) mass is 225 g/mol. The summed E-state index contributed by atoms with van der Waals surface area (Å²) in [5, 5.41) is 5.46. The van der Waals surface area contributed by atoms with Gasteiger partial charge in [0.2, 0.25) is 0 Å². The summed E-state index contributed by atoms with van der Waals surface area (Å²) in [5.41, 5.74) is 0. The fourth-order valence-electron chi connectivity index (χ4n) is 1.02. The van der Waals surface area contributed by atoms with E-state index in [1.807, 2.05) is 25.4 Å². The zero-order valence-electron chi connectivity index (χ0n) is 7.51. The minimum absolute atomic E-state index is 0.513. The van der Waals surface area contributed by atoms with Crippen LogP contribution in [0.15, 0.2) is 40.5 Å². The van der Waals surface area contributed by atoms with Crippen molar-refractivity contribution in [1.29, 1.82) is 0 Å². The Balaban J connectivity index is 2.18. The van der Waals surface area contributed by atoms with Crippen molar-refractivity contribution in [1.82, 2.24) is 14.8 Å². The molecule has 2 rings (SSSR count). The summed E-state index contributed by atoms with van der Waals surface area (Å²) in [7, 11) is 1.88. The normalized spacial score (nSPS) is 10.4. The smallest absolute Gasteiger partial charge is 0.130 e. The molecule has 0 fully saturated rings. The molecule has 0 aliphatic heterocycles. The topological polar surface area (TPSA) is 30.7 Å². The molecule has 0 spiro atoms. The van der Waals surface area contributed by atoms with Gasteiger partial charge in [-0.15, -0.1) is 0 Å². The molecule has 0 unspecified atom stereocenters. The summed E-state index contributed by atoms with van der Waals surface area (Å²) in [6.07, 6.45) is 3.74. The number of hydrogen-bond acceptors (Lipinski definition) is 3. The van der Waals surface area contributed by atoms with Gasteiger partial charge in [0.15, 0.2) is 0 Å². The average molecular weight is 226 g/mol. The minimum Gasteiger partial charge on any atom is -0.275 e. The Kier molecular flexibility index (Phi) is 2.74. The first-order valence-electron chi connectivity index (χ1n) is 4.03. The molecule has 0 N–H and O–H groups in total. The molecule has 0 saturated heterocycles. The molecule has 0 aliphatic carbocycles. The molecule has 0 saturated carbocycles. The van der Waals surface area contributed by atoms with E-state index in [0.29, 0.717) is 5.15 Å². The van der Waals surface area contributed by atoms with Gasteiger partial charge in [0.05, 0.1) is 11.1 Å². The van der Waals surface area contributed by atoms with Crippen molar-refractivity contribution in [3.63, 3.8) is 0 Å². The van der Waals surface area contributed by atoms with Crippen LogP contribution < -0.4 is 0 Å². The molecule has 3 nitrogen and oxygen atoms in total. The van der Waals surface area contributed by atoms with Crippen LogP contribution in [0.25, 0.3) is 0 Å². The van der Waals surface area contributed by atoms with Gasteiger partial charge in [-0.1, -0.05) is 29.4 Å². The quantitative estimate of drug-likeness (QED) is 0.737. The molecular weight excluding hydrogens is 218 g/mol. The predicted molar refractivity (Wildman–Crippen MR) is 56.6 cm³/mol. The second-order valence-corrected chi connectivity index (χ2v) is 4.23. The van der Waals surface area contributed by atoms with Gasteiger partial charge in [-0.05, 0) is 12.1 Å². The Hall–Kier alpha value is -1.00. The number of rotatable bonds is 2. The van der Waals surface area contributed by atoms with Crippen molar-refractivity contribution < 1.29 is 0 Å². The van der Waals surface area contributed by atoms with Crippen LogP contribution in [0.3, 0.4) is 0 Å². The molecule has 0 aromatic carbocycles. The summed E-state index contributed by atoms with van der Waals surface area (Å²) >= 11 is 7.31. The van der Waals surface area contributed by atoms with E-state index in [0.717, 1.165) is 9.92 Å². The van der Waals surface area contributed by atoms with E-state index in [9.17, 15) is 0 Å². The van der Waals surface area contributed by atoms with E-state index in [1.54, 1.807) is 28.7 Å². The van der Waals surface area contributed by atoms with Crippen LogP contribution in [0.4, 0.5) is 0 Å². The fourth-order valence-corrected chi connectivity index (χ4v) is 2.07. The van der Waals surface area contributed by atoms with E-state index in [-0.39, 0.29) is 0 Å². The van der Waals surface area contributed by atoms with Crippen LogP contribution in [-0.4, -0.2) is 14.8 Å². The third-order valence-corrected chi connectivity index (χ3v) is 2.69. The molecular formula is C9H8ClN3S. The lowest BCUT2D eigenvalue weighted by molar-refractivity contribution is 0.766. The van der Waals surface area contributed by atoms with Crippen molar-refractivity contribution in [2.45, 2.75) is 9.92 Å². The van der Waals surface area contributed by atoms with Crippen LogP contribution in [0, 0.1) is 0 Å². The molecule has 2 aromatic heterocycles.